The maximum Gasteiger partial charge on any atom is 0.414 e. The van der Waals surface area contributed by atoms with Crippen molar-refractivity contribution in [2.75, 3.05) is 31.1 Å². The Morgan fingerprint density at radius 3 is 2.59 bits per heavy atom. The van der Waals surface area contributed by atoms with Crippen molar-refractivity contribution in [2.24, 2.45) is 0 Å². The molecule has 0 aromatic heterocycles. The number of nitrogens with one attached hydrogen (secondary N) is 1. The van der Waals surface area contributed by atoms with Crippen molar-refractivity contribution in [3.05, 3.63) is 65.5 Å². The average Bonchev–Trinajstić information content (AvgIpc) is 3.12. The Kier molecular flexibility index (Phi) is 6.25. The summed E-state index contributed by atoms with van der Waals surface area (Å²) in [5.41, 5.74) is 1.78. The molecule has 0 radical (unpaired) electrons. The van der Waals surface area contributed by atoms with Crippen LogP contribution in [0.2, 0.25) is 0 Å². The van der Waals surface area contributed by atoms with Crippen LogP contribution in [-0.4, -0.2) is 55.3 Å². The first kappa shape index (κ1) is 21.6. The zero-order valence-corrected chi connectivity index (χ0v) is 17.6. The molecule has 1 N–H and O–H groups in total. The van der Waals surface area contributed by atoms with Crippen molar-refractivity contribution < 1.29 is 28.2 Å². The first-order valence-electron chi connectivity index (χ1n) is 10.4. The number of benzene rings is 2. The highest BCUT2D eigenvalue weighted by atomic mass is 19.1. The third-order valence-electron chi connectivity index (χ3n) is 5.53. The van der Waals surface area contributed by atoms with Crippen molar-refractivity contribution in [1.82, 2.24) is 10.2 Å². The SMILES string of the molecule is CC(=O)NC[C@H]1CN(c2ccc(C3CN(C(=O)OCc4ccccc4)C3)c(F)c2)C(=O)O1. The molecule has 0 aliphatic carbocycles. The van der Waals surface area contributed by atoms with Gasteiger partial charge < -0.3 is 19.7 Å². The van der Waals surface area contributed by atoms with Crippen LogP contribution in [0.5, 0.6) is 0 Å². The van der Waals surface area contributed by atoms with E-state index in [4.69, 9.17) is 9.47 Å². The molecule has 2 heterocycles. The molecule has 9 heteroatoms. The van der Waals surface area contributed by atoms with E-state index in [0.29, 0.717) is 24.3 Å². The summed E-state index contributed by atoms with van der Waals surface area (Å²) in [7, 11) is 0. The van der Waals surface area contributed by atoms with E-state index < -0.39 is 24.1 Å². The third-order valence-corrected chi connectivity index (χ3v) is 5.53. The van der Waals surface area contributed by atoms with Crippen LogP contribution in [0.1, 0.15) is 24.0 Å². The van der Waals surface area contributed by atoms with Gasteiger partial charge in [0.2, 0.25) is 5.91 Å². The molecule has 1 atom stereocenters. The van der Waals surface area contributed by atoms with E-state index in [1.807, 2.05) is 30.3 Å². The number of rotatable bonds is 6. The molecule has 0 unspecified atom stereocenters. The third kappa shape index (κ3) is 4.82. The molecule has 32 heavy (non-hydrogen) atoms. The standard InChI is InChI=1S/C23H24FN3O5/c1-15(28)25-10-19-13-27(23(30)32-19)18-7-8-20(21(24)9-18)17-11-26(12-17)22(29)31-14-16-5-3-2-4-6-16/h2-9,17,19H,10-14H2,1H3,(H,25,28)/t19-/m0/s1. The number of anilines is 1. The molecule has 8 nitrogen and oxygen atoms in total. The summed E-state index contributed by atoms with van der Waals surface area (Å²) in [6.45, 7) is 2.74. The lowest BCUT2D eigenvalue weighted by atomic mass is 9.91. The van der Waals surface area contributed by atoms with E-state index in [9.17, 15) is 18.8 Å². The van der Waals surface area contributed by atoms with E-state index in [0.717, 1.165) is 5.56 Å². The van der Waals surface area contributed by atoms with Gasteiger partial charge in [-0.15, -0.1) is 0 Å². The lowest BCUT2D eigenvalue weighted by Crippen LogP contribution is -2.48. The zero-order valence-electron chi connectivity index (χ0n) is 17.6. The van der Waals surface area contributed by atoms with Crippen molar-refractivity contribution in [2.45, 2.75) is 25.6 Å². The Bertz CT molecular complexity index is 1010. The van der Waals surface area contributed by atoms with Crippen molar-refractivity contribution in [1.29, 1.82) is 0 Å². The summed E-state index contributed by atoms with van der Waals surface area (Å²) in [4.78, 5) is 38.2. The van der Waals surface area contributed by atoms with E-state index in [2.05, 4.69) is 5.32 Å². The largest absolute Gasteiger partial charge is 0.445 e. The monoisotopic (exact) mass is 441 g/mol. The number of halogens is 1. The number of hydrogen-bond donors (Lipinski definition) is 1. The Labute approximate surface area is 184 Å². The summed E-state index contributed by atoms with van der Waals surface area (Å²) < 4.78 is 25.3. The maximum atomic E-state index is 14.8. The normalized spacial score (nSPS) is 18.2. The van der Waals surface area contributed by atoms with Gasteiger partial charge >= 0.3 is 12.2 Å². The summed E-state index contributed by atoms with van der Waals surface area (Å²) in [5.74, 6) is -0.789. The molecule has 2 fully saturated rings. The molecule has 3 amide bonds. The van der Waals surface area contributed by atoms with Gasteiger partial charge in [0.1, 0.15) is 18.5 Å². The fourth-order valence-corrected chi connectivity index (χ4v) is 3.75. The number of likely N-dealkylation sites (tertiary alicyclic amines) is 1. The second kappa shape index (κ2) is 9.25. The Morgan fingerprint density at radius 2 is 1.91 bits per heavy atom. The number of nitrogens with zero attached hydrogens (tertiary/aromatic N) is 2. The topological polar surface area (TPSA) is 88.2 Å². The van der Waals surface area contributed by atoms with Gasteiger partial charge in [-0.1, -0.05) is 36.4 Å². The highest BCUT2D eigenvalue weighted by Gasteiger charge is 2.36. The average molecular weight is 441 g/mol. The lowest BCUT2D eigenvalue weighted by molar-refractivity contribution is -0.119. The molecule has 2 aliphatic rings. The van der Waals surface area contributed by atoms with E-state index >= 15 is 0 Å². The van der Waals surface area contributed by atoms with Crippen LogP contribution in [0, 0.1) is 5.82 Å². The minimum absolute atomic E-state index is 0.133. The van der Waals surface area contributed by atoms with Crippen LogP contribution >= 0.6 is 0 Å². The molecule has 0 bridgehead atoms. The lowest BCUT2D eigenvalue weighted by Gasteiger charge is -2.38. The van der Waals surface area contributed by atoms with Gasteiger partial charge in [0.05, 0.1) is 18.8 Å². The second-order valence-corrected chi connectivity index (χ2v) is 7.90. The van der Waals surface area contributed by atoms with Gasteiger partial charge in [0.15, 0.2) is 0 Å². The second-order valence-electron chi connectivity index (χ2n) is 7.90. The van der Waals surface area contributed by atoms with Gasteiger partial charge in [-0.2, -0.15) is 0 Å². The quantitative estimate of drug-likeness (QED) is 0.745. The van der Waals surface area contributed by atoms with Gasteiger partial charge in [-0.25, -0.2) is 14.0 Å². The van der Waals surface area contributed by atoms with Crippen LogP contribution in [0.25, 0.3) is 0 Å². The summed E-state index contributed by atoms with van der Waals surface area (Å²) in [6.07, 6.45) is -1.49. The molecular weight excluding hydrogens is 417 g/mol. The highest BCUT2D eigenvalue weighted by Crippen LogP contribution is 2.32. The van der Waals surface area contributed by atoms with Crippen molar-refractivity contribution in [3.8, 4) is 0 Å². The van der Waals surface area contributed by atoms with Gasteiger partial charge in [0, 0.05) is 25.9 Å². The minimum Gasteiger partial charge on any atom is -0.445 e. The number of ether oxygens (including phenoxy) is 2. The van der Waals surface area contributed by atoms with Gasteiger partial charge in [0.25, 0.3) is 0 Å². The predicted octanol–water partition coefficient (Wildman–Crippen LogP) is 3.02. The van der Waals surface area contributed by atoms with Gasteiger partial charge in [-0.3, -0.25) is 9.69 Å². The van der Waals surface area contributed by atoms with Gasteiger partial charge in [-0.05, 0) is 23.3 Å². The Morgan fingerprint density at radius 1 is 1.16 bits per heavy atom. The molecule has 2 aromatic rings. The molecule has 2 aliphatic heterocycles. The number of cyclic esters (lactones) is 1. The fourth-order valence-electron chi connectivity index (χ4n) is 3.75. The van der Waals surface area contributed by atoms with E-state index in [1.54, 1.807) is 12.1 Å². The fraction of sp³-hybridized carbons (Fsp3) is 0.348. The van der Waals surface area contributed by atoms with Crippen LogP contribution in [0.15, 0.2) is 48.5 Å². The molecule has 0 saturated carbocycles. The van der Waals surface area contributed by atoms with Crippen LogP contribution in [0.3, 0.4) is 0 Å². The highest BCUT2D eigenvalue weighted by molar-refractivity contribution is 5.89. The first-order valence-corrected chi connectivity index (χ1v) is 10.4. The molecule has 2 aromatic carbocycles. The Balaban J connectivity index is 1.30. The summed E-state index contributed by atoms with van der Waals surface area (Å²) in [5, 5.41) is 2.60. The zero-order chi connectivity index (χ0) is 22.7. The van der Waals surface area contributed by atoms with Crippen molar-refractivity contribution in [3.63, 3.8) is 0 Å². The number of carbonyl (C=O) groups is 3. The minimum atomic E-state index is -0.580. The Hall–Kier alpha value is -3.62. The van der Waals surface area contributed by atoms with E-state index in [1.165, 1.54) is 22.8 Å². The van der Waals surface area contributed by atoms with Crippen molar-refractivity contribution >= 4 is 23.8 Å². The smallest absolute Gasteiger partial charge is 0.414 e. The molecule has 4 rings (SSSR count). The van der Waals surface area contributed by atoms with E-state index in [-0.39, 0.29) is 31.5 Å². The van der Waals surface area contributed by atoms with Crippen LogP contribution < -0.4 is 10.2 Å². The molecule has 168 valence electrons. The summed E-state index contributed by atoms with van der Waals surface area (Å²) in [6, 6.07) is 14.0. The number of carbonyl (C=O) groups excluding carboxylic acids is 3. The first-order chi connectivity index (χ1) is 15.4. The molecule has 2 saturated heterocycles. The number of amides is 3. The molecular formula is C23H24FN3O5. The number of hydrogen-bond acceptors (Lipinski definition) is 5. The van der Waals surface area contributed by atoms with Crippen LogP contribution in [0.4, 0.5) is 19.7 Å². The van der Waals surface area contributed by atoms with Crippen LogP contribution in [-0.2, 0) is 20.9 Å². The molecule has 0 spiro atoms. The maximum absolute atomic E-state index is 14.8. The summed E-state index contributed by atoms with van der Waals surface area (Å²) >= 11 is 0. The predicted molar refractivity (Wildman–Crippen MR) is 114 cm³/mol.